The number of alkyl halides is 3. The Balaban J connectivity index is 0.000000745. The van der Waals surface area contributed by atoms with Crippen LogP contribution in [-0.4, -0.2) is 0 Å². The second-order valence-electron chi connectivity index (χ2n) is 5.25. The average molecular weight is 308 g/mol. The summed E-state index contributed by atoms with van der Waals surface area (Å²) in [5.41, 5.74) is 2.66. The number of hydrogen-bond donors (Lipinski definition) is 0. The van der Waals surface area contributed by atoms with Gasteiger partial charge >= 0.3 is 6.18 Å². The van der Waals surface area contributed by atoms with Gasteiger partial charge in [-0.25, -0.2) is 0 Å². The van der Waals surface area contributed by atoms with E-state index in [1.165, 1.54) is 24.1 Å². The summed E-state index contributed by atoms with van der Waals surface area (Å²) < 4.78 is 37.3. The summed E-state index contributed by atoms with van der Waals surface area (Å²) in [5.74, 6) is 0. The molecule has 3 heteroatoms. The van der Waals surface area contributed by atoms with Crippen LogP contribution in [0, 0.1) is 0 Å². The van der Waals surface area contributed by atoms with Gasteiger partial charge in [0.2, 0.25) is 0 Å². The quantitative estimate of drug-likeness (QED) is 0.626. The lowest BCUT2D eigenvalue weighted by atomic mass is 10.0. The van der Waals surface area contributed by atoms with E-state index in [9.17, 15) is 13.2 Å². The first kappa shape index (κ1) is 18.3. The van der Waals surface area contributed by atoms with Crippen LogP contribution in [-0.2, 0) is 19.0 Å². The third-order valence-corrected chi connectivity index (χ3v) is 3.12. The molecule has 0 radical (unpaired) electrons. The van der Waals surface area contributed by atoms with Crippen LogP contribution in [0.3, 0.4) is 0 Å². The molecule has 0 bridgehead atoms. The van der Waals surface area contributed by atoms with Crippen LogP contribution in [0.4, 0.5) is 13.2 Å². The molecule has 0 spiro atoms. The molecule has 2 rings (SSSR count). The van der Waals surface area contributed by atoms with Crippen LogP contribution in [0.15, 0.2) is 48.5 Å². The number of aryl methyl sites for hydroxylation is 1. The standard InChI is InChI=1S/C16H15F3.C3H8/c1-2-12-3-5-13(6-4-12)11-14-7-9-15(10-8-14)16(17,18)19;1-3-2/h3-10H,2,11H2,1H3;3H2,1-2H3. The van der Waals surface area contributed by atoms with E-state index in [0.29, 0.717) is 6.42 Å². The molecule has 2 aromatic carbocycles. The first-order valence-corrected chi connectivity index (χ1v) is 7.64. The summed E-state index contributed by atoms with van der Waals surface area (Å²) in [6.45, 7) is 6.34. The highest BCUT2D eigenvalue weighted by Gasteiger charge is 2.29. The third-order valence-electron chi connectivity index (χ3n) is 3.12. The van der Waals surface area contributed by atoms with Gasteiger partial charge in [-0.05, 0) is 41.7 Å². The zero-order valence-corrected chi connectivity index (χ0v) is 13.4. The maximum Gasteiger partial charge on any atom is 0.416 e. The van der Waals surface area contributed by atoms with E-state index in [1.807, 2.05) is 12.1 Å². The predicted octanol–water partition coefficient (Wildman–Crippen LogP) is 6.27. The minimum Gasteiger partial charge on any atom is -0.166 e. The maximum atomic E-state index is 12.4. The van der Waals surface area contributed by atoms with Crippen LogP contribution in [0.5, 0.6) is 0 Å². The summed E-state index contributed by atoms with van der Waals surface area (Å²) in [6.07, 6.45) is -1.37. The van der Waals surface area contributed by atoms with Gasteiger partial charge in [0.05, 0.1) is 5.56 Å². The molecule has 0 N–H and O–H groups in total. The monoisotopic (exact) mass is 308 g/mol. The molecule has 0 amide bonds. The molecule has 120 valence electrons. The lowest BCUT2D eigenvalue weighted by Gasteiger charge is -2.08. The Kier molecular flexibility index (Phi) is 7.16. The smallest absolute Gasteiger partial charge is 0.166 e. The van der Waals surface area contributed by atoms with E-state index in [4.69, 9.17) is 0 Å². The van der Waals surface area contributed by atoms with E-state index in [0.717, 1.165) is 29.7 Å². The van der Waals surface area contributed by atoms with Crippen molar-refractivity contribution in [2.24, 2.45) is 0 Å². The van der Waals surface area contributed by atoms with Crippen LogP contribution in [0.25, 0.3) is 0 Å². The third kappa shape index (κ3) is 5.92. The maximum absolute atomic E-state index is 12.4. The van der Waals surface area contributed by atoms with E-state index < -0.39 is 11.7 Å². The van der Waals surface area contributed by atoms with Crippen molar-refractivity contribution in [2.45, 2.75) is 46.2 Å². The van der Waals surface area contributed by atoms with Crippen molar-refractivity contribution in [2.75, 3.05) is 0 Å². The lowest BCUT2D eigenvalue weighted by molar-refractivity contribution is -0.137. The molecule has 0 aromatic heterocycles. The summed E-state index contributed by atoms with van der Waals surface area (Å²) in [6, 6.07) is 13.5. The Hall–Kier alpha value is -1.77. The van der Waals surface area contributed by atoms with E-state index in [-0.39, 0.29) is 0 Å². The highest BCUT2D eigenvalue weighted by Crippen LogP contribution is 2.29. The van der Waals surface area contributed by atoms with Gasteiger partial charge in [-0.15, -0.1) is 0 Å². The van der Waals surface area contributed by atoms with Crippen molar-refractivity contribution >= 4 is 0 Å². The van der Waals surface area contributed by atoms with Crippen LogP contribution < -0.4 is 0 Å². The minimum absolute atomic E-state index is 0.599. The van der Waals surface area contributed by atoms with Crippen molar-refractivity contribution in [3.8, 4) is 0 Å². The molecule has 22 heavy (non-hydrogen) atoms. The van der Waals surface area contributed by atoms with Gasteiger partial charge in [0.1, 0.15) is 0 Å². The fraction of sp³-hybridized carbons (Fsp3) is 0.368. The second-order valence-corrected chi connectivity index (χ2v) is 5.25. The molecule has 0 saturated heterocycles. The zero-order chi connectivity index (χ0) is 16.6. The Morgan fingerprint density at radius 2 is 1.05 bits per heavy atom. The van der Waals surface area contributed by atoms with Crippen LogP contribution in [0.2, 0.25) is 0 Å². The predicted molar refractivity (Wildman–Crippen MR) is 86.0 cm³/mol. The largest absolute Gasteiger partial charge is 0.416 e. The van der Waals surface area contributed by atoms with Gasteiger partial charge in [0.15, 0.2) is 0 Å². The zero-order valence-electron chi connectivity index (χ0n) is 13.4. The Bertz CT molecular complexity index is 536. The molecule has 0 aliphatic heterocycles. The van der Waals surface area contributed by atoms with E-state index >= 15 is 0 Å². The van der Waals surface area contributed by atoms with Crippen LogP contribution >= 0.6 is 0 Å². The van der Waals surface area contributed by atoms with Crippen molar-refractivity contribution in [3.05, 3.63) is 70.8 Å². The van der Waals surface area contributed by atoms with Gasteiger partial charge in [0, 0.05) is 0 Å². The van der Waals surface area contributed by atoms with Crippen molar-refractivity contribution < 1.29 is 13.2 Å². The minimum atomic E-state index is -4.26. The summed E-state index contributed by atoms with van der Waals surface area (Å²) in [5, 5.41) is 0. The topological polar surface area (TPSA) is 0 Å². The summed E-state index contributed by atoms with van der Waals surface area (Å²) in [7, 11) is 0. The number of rotatable bonds is 3. The first-order valence-electron chi connectivity index (χ1n) is 7.64. The molecule has 0 atom stereocenters. The Morgan fingerprint density at radius 1 is 0.682 bits per heavy atom. The highest BCUT2D eigenvalue weighted by molar-refractivity contribution is 5.31. The fourth-order valence-corrected chi connectivity index (χ4v) is 1.94. The van der Waals surface area contributed by atoms with Crippen molar-refractivity contribution in [1.29, 1.82) is 0 Å². The fourth-order valence-electron chi connectivity index (χ4n) is 1.94. The molecule has 0 fully saturated rings. The normalized spacial score (nSPS) is 10.8. The summed E-state index contributed by atoms with van der Waals surface area (Å²) in [4.78, 5) is 0. The summed E-state index contributed by atoms with van der Waals surface area (Å²) >= 11 is 0. The molecular weight excluding hydrogens is 285 g/mol. The van der Waals surface area contributed by atoms with Gasteiger partial charge in [-0.3, -0.25) is 0 Å². The molecule has 0 heterocycles. The Labute approximate surface area is 131 Å². The van der Waals surface area contributed by atoms with Crippen molar-refractivity contribution in [1.82, 2.24) is 0 Å². The molecule has 0 aliphatic carbocycles. The van der Waals surface area contributed by atoms with Gasteiger partial charge in [-0.2, -0.15) is 13.2 Å². The lowest BCUT2D eigenvalue weighted by Crippen LogP contribution is -2.04. The number of benzene rings is 2. The van der Waals surface area contributed by atoms with Gasteiger partial charge in [-0.1, -0.05) is 63.6 Å². The SMILES string of the molecule is CCC.CCc1ccc(Cc2ccc(C(F)(F)F)cc2)cc1. The van der Waals surface area contributed by atoms with Crippen molar-refractivity contribution in [3.63, 3.8) is 0 Å². The van der Waals surface area contributed by atoms with E-state index in [1.54, 1.807) is 0 Å². The first-order chi connectivity index (χ1) is 10.4. The van der Waals surface area contributed by atoms with Gasteiger partial charge in [0.25, 0.3) is 0 Å². The van der Waals surface area contributed by atoms with Gasteiger partial charge < -0.3 is 0 Å². The molecule has 0 saturated carbocycles. The Morgan fingerprint density at radius 3 is 1.41 bits per heavy atom. The number of hydrogen-bond acceptors (Lipinski definition) is 0. The van der Waals surface area contributed by atoms with Crippen LogP contribution in [0.1, 0.15) is 49.4 Å². The molecule has 0 aliphatic rings. The average Bonchev–Trinajstić information content (AvgIpc) is 2.48. The van der Waals surface area contributed by atoms with E-state index in [2.05, 4.69) is 32.9 Å². The molecular formula is C19H23F3. The molecule has 0 unspecified atom stereocenters. The highest BCUT2D eigenvalue weighted by atomic mass is 19.4. The molecule has 2 aromatic rings. The second kappa shape index (κ2) is 8.62. The number of halogens is 3. The molecule has 0 nitrogen and oxygen atoms in total.